The van der Waals surface area contributed by atoms with Crippen LogP contribution < -0.4 is 10.2 Å². The molecule has 1 aliphatic rings. The van der Waals surface area contributed by atoms with Crippen LogP contribution in [-0.2, 0) is 4.74 Å². The molecule has 1 aliphatic heterocycles. The Morgan fingerprint density at radius 2 is 2.17 bits per heavy atom. The molecule has 5 nitrogen and oxygen atoms in total. The average Bonchev–Trinajstić information content (AvgIpc) is 2.91. The van der Waals surface area contributed by atoms with Crippen molar-refractivity contribution in [2.45, 2.75) is 39.7 Å². The molecule has 1 saturated heterocycles. The van der Waals surface area contributed by atoms with Crippen molar-refractivity contribution in [1.29, 1.82) is 0 Å². The zero-order valence-corrected chi connectivity index (χ0v) is 14.4. The number of anilines is 1. The van der Waals surface area contributed by atoms with E-state index in [1.165, 1.54) is 0 Å². The highest BCUT2D eigenvalue weighted by molar-refractivity contribution is 5.86. The van der Waals surface area contributed by atoms with E-state index < -0.39 is 5.60 Å². The van der Waals surface area contributed by atoms with Gasteiger partial charge < -0.3 is 15.0 Å². The quantitative estimate of drug-likeness (QED) is 0.866. The fraction of sp³-hybridized carbons (Fsp3) is 0.556. The molecule has 1 heterocycles. The first-order chi connectivity index (χ1) is 10.8. The normalized spacial score (nSPS) is 17.9. The first-order valence-electron chi connectivity index (χ1n) is 8.07. The Labute approximate surface area is 138 Å². The Kier molecular flexibility index (Phi) is 5.29. The van der Waals surface area contributed by atoms with Crippen LogP contribution in [0.15, 0.2) is 18.2 Å². The molecule has 0 spiro atoms. The van der Waals surface area contributed by atoms with Gasteiger partial charge in [0, 0.05) is 25.2 Å². The number of ether oxygens (including phenoxy) is 1. The van der Waals surface area contributed by atoms with Crippen LogP contribution in [0, 0.1) is 12.8 Å². The second-order valence-electron chi connectivity index (χ2n) is 7.11. The molecule has 5 heteroatoms. The first kappa shape index (κ1) is 17.3. The van der Waals surface area contributed by atoms with E-state index in [1.54, 1.807) is 0 Å². The largest absolute Gasteiger partial charge is 0.444 e. The summed E-state index contributed by atoms with van der Waals surface area (Å²) in [5.41, 5.74) is 2.37. The predicted molar refractivity (Wildman–Crippen MR) is 91.1 cm³/mol. The third kappa shape index (κ3) is 4.71. The van der Waals surface area contributed by atoms with Crippen LogP contribution in [0.3, 0.4) is 0 Å². The van der Waals surface area contributed by atoms with Crippen LogP contribution in [0.2, 0.25) is 0 Å². The van der Waals surface area contributed by atoms with Crippen LogP contribution in [0.1, 0.15) is 43.1 Å². The number of nitrogens with one attached hydrogen (secondary N) is 1. The monoisotopic (exact) mass is 318 g/mol. The van der Waals surface area contributed by atoms with Crippen molar-refractivity contribution in [3.63, 3.8) is 0 Å². The van der Waals surface area contributed by atoms with Gasteiger partial charge in [-0.2, -0.15) is 0 Å². The summed E-state index contributed by atoms with van der Waals surface area (Å²) in [6, 6.07) is 5.77. The lowest BCUT2D eigenvalue weighted by Crippen LogP contribution is -2.36. The van der Waals surface area contributed by atoms with Gasteiger partial charge in [0.25, 0.3) is 0 Å². The predicted octanol–water partition coefficient (Wildman–Crippen LogP) is 3.16. The maximum atomic E-state index is 11.7. The molecule has 1 atom stereocenters. The summed E-state index contributed by atoms with van der Waals surface area (Å²) in [5.74, 6) is 0.363. The standard InChI is InChI=1S/C18H26N2O3/c1-13-6-5-7-15(12-21)16(13)20-9-8-14(11-20)10-19-17(22)23-18(2,3)4/h5-7,12,14H,8-11H2,1-4H3,(H,19,22)/t14-/m0/s1. The zero-order chi connectivity index (χ0) is 17.0. The number of carbonyl (C=O) groups is 2. The molecule has 0 saturated carbocycles. The fourth-order valence-corrected chi connectivity index (χ4v) is 2.95. The van der Waals surface area contributed by atoms with E-state index >= 15 is 0 Å². The van der Waals surface area contributed by atoms with Crippen LogP contribution in [0.5, 0.6) is 0 Å². The van der Waals surface area contributed by atoms with E-state index in [2.05, 4.69) is 10.2 Å². The van der Waals surface area contributed by atoms with Crippen LogP contribution in [0.4, 0.5) is 10.5 Å². The zero-order valence-electron chi connectivity index (χ0n) is 14.4. The lowest BCUT2D eigenvalue weighted by atomic mass is 10.1. The van der Waals surface area contributed by atoms with Crippen molar-refractivity contribution in [3.05, 3.63) is 29.3 Å². The highest BCUT2D eigenvalue weighted by atomic mass is 16.6. The van der Waals surface area contributed by atoms with Crippen LogP contribution in [0.25, 0.3) is 0 Å². The smallest absolute Gasteiger partial charge is 0.407 e. The molecule has 23 heavy (non-hydrogen) atoms. The molecule has 1 fully saturated rings. The molecule has 0 radical (unpaired) electrons. The highest BCUT2D eigenvalue weighted by Crippen LogP contribution is 2.29. The molecule has 2 rings (SSSR count). The van der Waals surface area contributed by atoms with Crippen molar-refractivity contribution in [2.24, 2.45) is 5.92 Å². The van der Waals surface area contributed by atoms with Gasteiger partial charge in [-0.25, -0.2) is 4.79 Å². The number of benzene rings is 1. The van der Waals surface area contributed by atoms with E-state index in [9.17, 15) is 9.59 Å². The Bertz CT molecular complexity index is 578. The van der Waals surface area contributed by atoms with Gasteiger partial charge in [0.1, 0.15) is 5.60 Å². The maximum absolute atomic E-state index is 11.7. The highest BCUT2D eigenvalue weighted by Gasteiger charge is 2.26. The molecule has 1 aromatic carbocycles. The molecular weight excluding hydrogens is 292 g/mol. The number of hydrogen-bond acceptors (Lipinski definition) is 4. The van der Waals surface area contributed by atoms with Gasteiger partial charge in [0.15, 0.2) is 6.29 Å². The number of para-hydroxylation sites is 1. The van der Waals surface area contributed by atoms with E-state index in [0.717, 1.165) is 42.6 Å². The van der Waals surface area contributed by atoms with Gasteiger partial charge in [-0.15, -0.1) is 0 Å². The van der Waals surface area contributed by atoms with Gasteiger partial charge in [-0.05, 0) is 51.7 Å². The van der Waals surface area contributed by atoms with Crippen LogP contribution >= 0.6 is 0 Å². The van der Waals surface area contributed by atoms with Crippen LogP contribution in [-0.4, -0.2) is 37.6 Å². The minimum atomic E-state index is -0.480. The number of aryl methyl sites for hydroxylation is 1. The number of alkyl carbamates (subject to hydrolysis) is 1. The first-order valence-corrected chi connectivity index (χ1v) is 8.07. The molecule has 1 amide bonds. The van der Waals surface area contributed by atoms with E-state index in [4.69, 9.17) is 4.74 Å². The number of amides is 1. The van der Waals surface area contributed by atoms with Crippen molar-refractivity contribution in [2.75, 3.05) is 24.5 Å². The molecule has 0 unspecified atom stereocenters. The SMILES string of the molecule is Cc1cccc(C=O)c1N1CC[C@@H](CNC(=O)OC(C)(C)C)C1. The molecule has 0 aromatic heterocycles. The molecular formula is C18H26N2O3. The summed E-state index contributed by atoms with van der Waals surface area (Å²) in [6.45, 7) is 9.89. The van der Waals surface area contributed by atoms with E-state index in [-0.39, 0.29) is 6.09 Å². The average molecular weight is 318 g/mol. The molecule has 0 bridgehead atoms. The Morgan fingerprint density at radius 1 is 1.43 bits per heavy atom. The van der Waals surface area contributed by atoms with Crippen molar-refractivity contribution in [1.82, 2.24) is 5.32 Å². The number of rotatable bonds is 4. The summed E-state index contributed by atoms with van der Waals surface area (Å²) in [5, 5.41) is 2.84. The Hall–Kier alpha value is -2.04. The van der Waals surface area contributed by atoms with Gasteiger partial charge in [0.2, 0.25) is 0 Å². The molecule has 126 valence electrons. The van der Waals surface area contributed by atoms with Crippen molar-refractivity contribution in [3.8, 4) is 0 Å². The minimum absolute atomic E-state index is 0.363. The van der Waals surface area contributed by atoms with E-state index in [1.807, 2.05) is 45.9 Å². The lowest BCUT2D eigenvalue weighted by Gasteiger charge is -2.23. The van der Waals surface area contributed by atoms with Gasteiger partial charge in [-0.3, -0.25) is 4.79 Å². The van der Waals surface area contributed by atoms with Crippen molar-refractivity contribution >= 4 is 18.1 Å². The third-order valence-electron chi connectivity index (χ3n) is 3.93. The fourth-order valence-electron chi connectivity index (χ4n) is 2.95. The lowest BCUT2D eigenvalue weighted by molar-refractivity contribution is 0.0520. The number of hydrogen-bond donors (Lipinski definition) is 1. The summed E-state index contributed by atoms with van der Waals surface area (Å²) >= 11 is 0. The summed E-state index contributed by atoms with van der Waals surface area (Å²) in [6.07, 6.45) is 1.53. The van der Waals surface area contributed by atoms with E-state index in [0.29, 0.717) is 12.5 Å². The number of nitrogens with zero attached hydrogens (tertiary/aromatic N) is 1. The maximum Gasteiger partial charge on any atom is 0.407 e. The minimum Gasteiger partial charge on any atom is -0.444 e. The topological polar surface area (TPSA) is 58.6 Å². The van der Waals surface area contributed by atoms with Crippen molar-refractivity contribution < 1.29 is 14.3 Å². The second kappa shape index (κ2) is 7.02. The third-order valence-corrected chi connectivity index (χ3v) is 3.93. The molecule has 0 aliphatic carbocycles. The Morgan fingerprint density at radius 3 is 2.83 bits per heavy atom. The molecule has 1 aromatic rings. The molecule has 1 N–H and O–H groups in total. The summed E-state index contributed by atoms with van der Waals surface area (Å²) < 4.78 is 5.25. The second-order valence-corrected chi connectivity index (χ2v) is 7.11. The summed E-state index contributed by atoms with van der Waals surface area (Å²) in [7, 11) is 0. The Balaban J connectivity index is 1.92. The number of carbonyl (C=O) groups excluding carboxylic acids is 2. The number of aldehydes is 1. The summed E-state index contributed by atoms with van der Waals surface area (Å²) in [4.78, 5) is 25.2. The van der Waals surface area contributed by atoms with Gasteiger partial charge in [0.05, 0.1) is 5.69 Å². The van der Waals surface area contributed by atoms with Gasteiger partial charge in [-0.1, -0.05) is 12.1 Å². The van der Waals surface area contributed by atoms with Gasteiger partial charge >= 0.3 is 6.09 Å².